The van der Waals surface area contributed by atoms with E-state index in [0.29, 0.717) is 0 Å². The number of hydrogen-bond donors (Lipinski definition) is 0. The first-order chi connectivity index (χ1) is 15.8. The highest BCUT2D eigenvalue weighted by molar-refractivity contribution is 7.80. The summed E-state index contributed by atoms with van der Waals surface area (Å²) in [6.45, 7) is 3.09. The molecule has 0 spiro atoms. The highest BCUT2D eigenvalue weighted by Gasteiger charge is 2.19. The summed E-state index contributed by atoms with van der Waals surface area (Å²) in [5.41, 5.74) is 5.02. The molecule has 0 saturated heterocycles. The van der Waals surface area contributed by atoms with Gasteiger partial charge in [-0.1, -0.05) is 121 Å². The smallest absolute Gasteiger partial charge is 0.172 e. The number of thiocarbonyl (C=S) groups is 1. The lowest BCUT2D eigenvalue weighted by Crippen LogP contribution is -2.41. The minimum Gasteiger partial charge on any atom is -0.340 e. The highest BCUT2D eigenvalue weighted by Crippen LogP contribution is 2.17. The van der Waals surface area contributed by atoms with E-state index >= 15 is 0 Å². The van der Waals surface area contributed by atoms with Crippen LogP contribution in [0.25, 0.3) is 0 Å². The first kappa shape index (κ1) is 21.8. The van der Waals surface area contributed by atoms with Crippen molar-refractivity contribution in [2.45, 2.75) is 26.2 Å². The van der Waals surface area contributed by atoms with Crippen LogP contribution in [0, 0.1) is 0 Å². The predicted molar refractivity (Wildman–Crippen MR) is 137 cm³/mol. The second-order valence-corrected chi connectivity index (χ2v) is 8.30. The van der Waals surface area contributed by atoms with Crippen LogP contribution in [0.1, 0.15) is 22.3 Å². The zero-order chi connectivity index (χ0) is 22.0. The number of nitrogens with zero attached hydrogens (tertiary/aromatic N) is 2. The zero-order valence-corrected chi connectivity index (χ0v) is 19.0. The van der Waals surface area contributed by atoms with Crippen LogP contribution in [-0.4, -0.2) is 14.9 Å². The minimum absolute atomic E-state index is 0.772. The monoisotopic (exact) mass is 436 g/mol. The van der Waals surface area contributed by atoms with Crippen LogP contribution in [0.4, 0.5) is 0 Å². The molecular formula is C29H28N2S. The van der Waals surface area contributed by atoms with E-state index in [1.807, 2.05) is 0 Å². The lowest BCUT2D eigenvalue weighted by Gasteiger charge is -2.34. The van der Waals surface area contributed by atoms with Crippen molar-refractivity contribution >= 4 is 17.3 Å². The van der Waals surface area contributed by atoms with Gasteiger partial charge in [0.15, 0.2) is 5.11 Å². The zero-order valence-electron chi connectivity index (χ0n) is 18.2. The molecule has 0 bridgehead atoms. The first-order valence-corrected chi connectivity index (χ1v) is 11.4. The molecule has 32 heavy (non-hydrogen) atoms. The molecule has 0 heterocycles. The maximum atomic E-state index is 6.15. The Balaban J connectivity index is 1.62. The van der Waals surface area contributed by atoms with Crippen LogP contribution in [-0.2, 0) is 26.2 Å². The topological polar surface area (TPSA) is 6.48 Å². The molecule has 0 aromatic heterocycles. The Hall–Kier alpha value is -3.43. The summed E-state index contributed by atoms with van der Waals surface area (Å²) >= 11 is 6.15. The fourth-order valence-corrected chi connectivity index (χ4v) is 4.06. The van der Waals surface area contributed by atoms with E-state index in [4.69, 9.17) is 12.2 Å². The van der Waals surface area contributed by atoms with Gasteiger partial charge in [-0.25, -0.2) is 0 Å². The first-order valence-electron chi connectivity index (χ1n) is 11.0. The number of rotatable bonds is 8. The largest absolute Gasteiger partial charge is 0.340 e. The van der Waals surface area contributed by atoms with Gasteiger partial charge in [-0.05, 0) is 34.5 Å². The van der Waals surface area contributed by atoms with Gasteiger partial charge in [-0.15, -0.1) is 0 Å². The third-order valence-corrected chi connectivity index (χ3v) is 5.92. The van der Waals surface area contributed by atoms with Crippen LogP contribution in [0.2, 0.25) is 0 Å². The van der Waals surface area contributed by atoms with Crippen LogP contribution in [0.15, 0.2) is 121 Å². The van der Waals surface area contributed by atoms with Crippen molar-refractivity contribution in [3.8, 4) is 0 Å². The molecule has 0 aliphatic carbocycles. The Labute approximate surface area is 196 Å². The molecule has 0 atom stereocenters. The summed E-state index contributed by atoms with van der Waals surface area (Å²) in [6, 6.07) is 42.3. The van der Waals surface area contributed by atoms with E-state index in [9.17, 15) is 0 Å². The average Bonchev–Trinajstić information content (AvgIpc) is 2.85. The number of benzene rings is 4. The summed E-state index contributed by atoms with van der Waals surface area (Å²) in [6.07, 6.45) is 0. The molecule has 4 aromatic carbocycles. The van der Waals surface area contributed by atoms with Gasteiger partial charge in [0.25, 0.3) is 0 Å². The Kier molecular flexibility index (Phi) is 7.67. The summed E-state index contributed by atoms with van der Waals surface area (Å²) in [4.78, 5) is 4.62. The van der Waals surface area contributed by atoms with Gasteiger partial charge in [0.2, 0.25) is 0 Å². The molecule has 0 unspecified atom stereocenters. The molecule has 0 amide bonds. The van der Waals surface area contributed by atoms with Crippen molar-refractivity contribution in [2.24, 2.45) is 0 Å². The molecule has 2 nitrogen and oxygen atoms in total. The maximum absolute atomic E-state index is 6.15. The van der Waals surface area contributed by atoms with Crippen LogP contribution in [0.3, 0.4) is 0 Å². The lowest BCUT2D eigenvalue weighted by atomic mass is 10.1. The summed E-state index contributed by atoms with van der Waals surface area (Å²) in [5, 5.41) is 0.866. The van der Waals surface area contributed by atoms with Crippen molar-refractivity contribution in [2.75, 3.05) is 0 Å². The normalized spacial score (nSPS) is 10.5. The summed E-state index contributed by atoms with van der Waals surface area (Å²) < 4.78 is 0. The fourth-order valence-electron chi connectivity index (χ4n) is 3.80. The SMILES string of the molecule is S=C(N(Cc1ccccc1)Cc1ccccc1)N(Cc1ccccc1)Cc1ccccc1. The quantitative estimate of drug-likeness (QED) is 0.285. The number of hydrogen-bond acceptors (Lipinski definition) is 1. The maximum Gasteiger partial charge on any atom is 0.172 e. The minimum atomic E-state index is 0.772. The molecule has 3 heteroatoms. The molecular weight excluding hydrogens is 408 g/mol. The van der Waals surface area contributed by atoms with Crippen molar-refractivity contribution in [3.05, 3.63) is 144 Å². The molecule has 4 rings (SSSR count). The van der Waals surface area contributed by atoms with E-state index in [0.717, 1.165) is 31.3 Å². The molecule has 0 N–H and O–H groups in total. The van der Waals surface area contributed by atoms with Gasteiger partial charge in [-0.3, -0.25) is 0 Å². The van der Waals surface area contributed by atoms with E-state index in [1.165, 1.54) is 22.3 Å². The molecule has 0 saturated carbocycles. The van der Waals surface area contributed by atoms with Crippen LogP contribution in [0.5, 0.6) is 0 Å². The Bertz CT molecular complexity index is 911. The van der Waals surface area contributed by atoms with Crippen LogP contribution >= 0.6 is 12.2 Å². The van der Waals surface area contributed by atoms with Crippen molar-refractivity contribution in [1.82, 2.24) is 9.80 Å². The van der Waals surface area contributed by atoms with Gasteiger partial charge in [0, 0.05) is 26.2 Å². The highest BCUT2D eigenvalue weighted by atomic mass is 32.1. The van der Waals surface area contributed by atoms with E-state index < -0.39 is 0 Å². The lowest BCUT2D eigenvalue weighted by molar-refractivity contribution is 0.307. The van der Waals surface area contributed by atoms with Gasteiger partial charge < -0.3 is 9.80 Å². The molecule has 4 aromatic rings. The van der Waals surface area contributed by atoms with Gasteiger partial charge in [0.1, 0.15) is 0 Å². The van der Waals surface area contributed by atoms with Crippen LogP contribution < -0.4 is 0 Å². The molecule has 0 aliphatic heterocycles. The molecule has 0 aliphatic rings. The molecule has 0 radical (unpaired) electrons. The average molecular weight is 437 g/mol. The molecule has 0 fully saturated rings. The fraction of sp³-hybridized carbons (Fsp3) is 0.138. The standard InChI is InChI=1S/C29H28N2S/c32-29(30(21-25-13-5-1-6-14-25)22-26-15-7-2-8-16-26)31(23-27-17-9-3-10-18-27)24-28-19-11-4-12-20-28/h1-20H,21-24H2. The summed E-state index contributed by atoms with van der Waals surface area (Å²) in [5.74, 6) is 0. The van der Waals surface area contributed by atoms with Crippen molar-refractivity contribution in [1.29, 1.82) is 0 Å². The third-order valence-electron chi connectivity index (χ3n) is 5.41. The van der Waals surface area contributed by atoms with Crippen molar-refractivity contribution < 1.29 is 0 Å². The Morgan fingerprint density at radius 1 is 0.406 bits per heavy atom. The Morgan fingerprint density at radius 3 is 0.844 bits per heavy atom. The van der Waals surface area contributed by atoms with Gasteiger partial charge in [-0.2, -0.15) is 0 Å². The van der Waals surface area contributed by atoms with E-state index in [-0.39, 0.29) is 0 Å². The van der Waals surface area contributed by atoms with Gasteiger partial charge in [0.05, 0.1) is 0 Å². The Morgan fingerprint density at radius 2 is 0.625 bits per heavy atom. The van der Waals surface area contributed by atoms with Gasteiger partial charge >= 0.3 is 0 Å². The van der Waals surface area contributed by atoms with E-state index in [1.54, 1.807) is 0 Å². The predicted octanol–water partition coefficient (Wildman–Crippen LogP) is 6.68. The second kappa shape index (κ2) is 11.3. The summed E-state index contributed by atoms with van der Waals surface area (Å²) in [7, 11) is 0. The second-order valence-electron chi connectivity index (χ2n) is 7.94. The molecule has 160 valence electrons. The third kappa shape index (κ3) is 6.29. The van der Waals surface area contributed by atoms with Crippen molar-refractivity contribution in [3.63, 3.8) is 0 Å². The van der Waals surface area contributed by atoms with E-state index in [2.05, 4.69) is 131 Å².